The fraction of sp³-hybridized carbons (Fsp3) is 0.903. The van der Waals surface area contributed by atoms with Gasteiger partial charge in [-0.25, -0.2) is 8.78 Å². The standard InChI is InChI=1S/C31H50F2O3/c1-7-30(35,8-2)31(32,33)18-13-20(3)25-11-12-26-24-10-9-22-19-23(36-21(4)34)14-16-28(22,5)27(24)15-17-29(25,26)6/h9,20,23-27,35H,7-8,10-19H2,1-6H3/t20-,23+,24+,25-,26+,27+,28+,29-/m1/s1. The van der Waals surface area contributed by atoms with Crippen LogP contribution in [0.3, 0.4) is 0 Å². The summed E-state index contributed by atoms with van der Waals surface area (Å²) >= 11 is 0. The molecule has 0 amide bonds. The molecule has 0 unspecified atom stereocenters. The Labute approximate surface area is 217 Å². The summed E-state index contributed by atoms with van der Waals surface area (Å²) in [5.41, 5.74) is 0.0490. The molecular formula is C31H50F2O3. The Balaban J connectivity index is 1.45. The number of alkyl halides is 2. The molecule has 206 valence electrons. The van der Waals surface area contributed by atoms with Crippen molar-refractivity contribution in [3.05, 3.63) is 11.6 Å². The minimum absolute atomic E-state index is 0.0279. The zero-order chi connectivity index (χ0) is 26.5. The Morgan fingerprint density at radius 1 is 1.14 bits per heavy atom. The molecule has 0 heterocycles. The average Bonchev–Trinajstić information content (AvgIpc) is 3.19. The van der Waals surface area contributed by atoms with Crippen LogP contribution in [0.2, 0.25) is 0 Å². The van der Waals surface area contributed by atoms with Crippen molar-refractivity contribution in [2.45, 2.75) is 136 Å². The molecule has 0 aliphatic heterocycles. The highest BCUT2D eigenvalue weighted by Gasteiger charge is 2.59. The Morgan fingerprint density at radius 2 is 1.83 bits per heavy atom. The second-order valence-electron chi connectivity index (χ2n) is 13.4. The molecule has 36 heavy (non-hydrogen) atoms. The number of hydrogen-bond donors (Lipinski definition) is 1. The first-order valence-electron chi connectivity index (χ1n) is 14.8. The number of ether oxygens (including phenoxy) is 1. The summed E-state index contributed by atoms with van der Waals surface area (Å²) in [4.78, 5) is 11.5. The number of aliphatic hydroxyl groups is 1. The van der Waals surface area contributed by atoms with E-state index in [-0.39, 0.29) is 48.1 Å². The molecule has 3 nitrogen and oxygen atoms in total. The van der Waals surface area contributed by atoms with Gasteiger partial charge in [0, 0.05) is 19.8 Å². The molecule has 0 aromatic rings. The molecule has 5 heteroatoms. The van der Waals surface area contributed by atoms with Gasteiger partial charge in [-0.05, 0) is 105 Å². The maximum absolute atomic E-state index is 15.0. The molecule has 0 spiro atoms. The largest absolute Gasteiger partial charge is 0.462 e. The average molecular weight is 509 g/mol. The van der Waals surface area contributed by atoms with E-state index in [0.29, 0.717) is 30.1 Å². The van der Waals surface area contributed by atoms with E-state index in [1.807, 2.05) is 0 Å². The molecule has 0 radical (unpaired) electrons. The number of carbonyl (C=O) groups is 1. The van der Waals surface area contributed by atoms with E-state index in [0.717, 1.165) is 32.1 Å². The third kappa shape index (κ3) is 4.58. The first-order chi connectivity index (χ1) is 16.8. The second kappa shape index (κ2) is 9.97. The maximum atomic E-state index is 15.0. The van der Waals surface area contributed by atoms with Crippen LogP contribution in [0.4, 0.5) is 8.78 Å². The van der Waals surface area contributed by atoms with E-state index in [1.54, 1.807) is 13.8 Å². The Kier molecular flexibility index (Phi) is 7.77. The molecule has 3 saturated carbocycles. The number of esters is 1. The first kappa shape index (κ1) is 28.0. The van der Waals surface area contributed by atoms with Crippen LogP contribution in [0.1, 0.15) is 119 Å². The van der Waals surface area contributed by atoms with E-state index >= 15 is 0 Å². The predicted octanol–water partition coefficient (Wildman–Crippen LogP) is 8.10. The molecule has 3 fully saturated rings. The van der Waals surface area contributed by atoms with Gasteiger partial charge < -0.3 is 9.84 Å². The van der Waals surface area contributed by atoms with Gasteiger partial charge in [-0.15, -0.1) is 0 Å². The van der Waals surface area contributed by atoms with Crippen LogP contribution in [-0.2, 0) is 9.53 Å². The van der Waals surface area contributed by atoms with Crippen LogP contribution >= 0.6 is 0 Å². The predicted molar refractivity (Wildman–Crippen MR) is 140 cm³/mol. The van der Waals surface area contributed by atoms with Crippen LogP contribution in [0, 0.1) is 40.4 Å². The SMILES string of the molecule is CCC(O)(CC)C(F)(F)CC[C@@H](C)[C@H]1CC[C@H]2[C@@H]3CC=C4C[C@@H](OC(C)=O)CC[C@]4(C)[C@H]3CC[C@]12C. The molecule has 0 bridgehead atoms. The highest BCUT2D eigenvalue weighted by molar-refractivity contribution is 5.66. The van der Waals surface area contributed by atoms with Crippen molar-refractivity contribution in [2.24, 2.45) is 40.4 Å². The van der Waals surface area contributed by atoms with E-state index in [4.69, 9.17) is 4.74 Å². The third-order valence-electron chi connectivity index (χ3n) is 11.9. The lowest BCUT2D eigenvalue weighted by molar-refractivity contribution is -0.190. The van der Waals surface area contributed by atoms with Gasteiger partial charge >= 0.3 is 5.97 Å². The molecule has 4 rings (SSSR count). The van der Waals surface area contributed by atoms with Crippen molar-refractivity contribution < 1.29 is 23.4 Å². The molecule has 4 aliphatic carbocycles. The lowest BCUT2D eigenvalue weighted by Crippen LogP contribution is -2.51. The molecule has 8 atom stereocenters. The number of allylic oxidation sites excluding steroid dienone is 1. The van der Waals surface area contributed by atoms with Gasteiger partial charge in [0.2, 0.25) is 0 Å². The number of rotatable bonds is 8. The minimum atomic E-state index is -3.04. The van der Waals surface area contributed by atoms with Gasteiger partial charge in [-0.1, -0.05) is 46.3 Å². The van der Waals surface area contributed by atoms with Gasteiger partial charge in [0.1, 0.15) is 11.7 Å². The van der Waals surface area contributed by atoms with Crippen LogP contribution < -0.4 is 0 Å². The summed E-state index contributed by atoms with van der Waals surface area (Å²) in [6.45, 7) is 11.9. The fourth-order valence-electron chi connectivity index (χ4n) is 9.55. The van der Waals surface area contributed by atoms with Crippen molar-refractivity contribution in [3.8, 4) is 0 Å². The van der Waals surface area contributed by atoms with E-state index in [2.05, 4.69) is 26.8 Å². The molecule has 0 aromatic carbocycles. The highest BCUT2D eigenvalue weighted by atomic mass is 19.3. The van der Waals surface area contributed by atoms with E-state index in [1.165, 1.54) is 31.8 Å². The Hall–Kier alpha value is -0.970. The van der Waals surface area contributed by atoms with Gasteiger partial charge in [0.05, 0.1) is 0 Å². The first-order valence-corrected chi connectivity index (χ1v) is 14.8. The Morgan fingerprint density at radius 3 is 2.47 bits per heavy atom. The lowest BCUT2D eigenvalue weighted by atomic mass is 9.47. The van der Waals surface area contributed by atoms with Gasteiger partial charge in [0.25, 0.3) is 5.92 Å². The van der Waals surface area contributed by atoms with Crippen molar-refractivity contribution in [1.82, 2.24) is 0 Å². The van der Waals surface area contributed by atoms with Crippen molar-refractivity contribution in [3.63, 3.8) is 0 Å². The fourth-order valence-corrected chi connectivity index (χ4v) is 9.55. The van der Waals surface area contributed by atoms with Crippen LogP contribution in [0.15, 0.2) is 11.6 Å². The number of carbonyl (C=O) groups excluding carboxylic acids is 1. The van der Waals surface area contributed by atoms with Gasteiger partial charge in [-0.3, -0.25) is 4.79 Å². The summed E-state index contributed by atoms with van der Waals surface area (Å²) < 4.78 is 35.5. The second-order valence-corrected chi connectivity index (χ2v) is 13.4. The number of hydrogen-bond acceptors (Lipinski definition) is 3. The van der Waals surface area contributed by atoms with Crippen LogP contribution in [0.5, 0.6) is 0 Å². The normalized spacial score (nSPS) is 39.5. The third-order valence-corrected chi connectivity index (χ3v) is 11.9. The molecule has 0 saturated heterocycles. The summed E-state index contributed by atoms with van der Waals surface area (Å²) in [6.07, 6.45) is 11.8. The summed E-state index contributed by atoms with van der Waals surface area (Å²) in [5.74, 6) is -0.482. The van der Waals surface area contributed by atoms with Crippen molar-refractivity contribution in [2.75, 3.05) is 0 Å². The zero-order valence-electron chi connectivity index (χ0n) is 23.5. The topological polar surface area (TPSA) is 46.5 Å². The van der Waals surface area contributed by atoms with Crippen LogP contribution in [-0.4, -0.2) is 28.7 Å². The molecular weight excluding hydrogens is 458 g/mol. The van der Waals surface area contributed by atoms with Crippen LogP contribution in [0.25, 0.3) is 0 Å². The lowest BCUT2D eigenvalue weighted by Gasteiger charge is -2.58. The number of fused-ring (bicyclic) bond motifs is 5. The van der Waals surface area contributed by atoms with Gasteiger partial charge in [0.15, 0.2) is 0 Å². The summed E-state index contributed by atoms with van der Waals surface area (Å²) in [6, 6.07) is 0. The van der Waals surface area contributed by atoms with E-state index in [9.17, 15) is 18.7 Å². The molecule has 0 aromatic heterocycles. The quantitative estimate of drug-likeness (QED) is 0.266. The monoisotopic (exact) mass is 508 g/mol. The minimum Gasteiger partial charge on any atom is -0.462 e. The maximum Gasteiger partial charge on any atom is 0.302 e. The number of halogens is 2. The Bertz CT molecular complexity index is 849. The molecule has 4 aliphatic rings. The van der Waals surface area contributed by atoms with Crippen molar-refractivity contribution in [1.29, 1.82) is 0 Å². The highest BCUT2D eigenvalue weighted by Crippen LogP contribution is 2.67. The van der Waals surface area contributed by atoms with E-state index < -0.39 is 11.5 Å². The van der Waals surface area contributed by atoms with Gasteiger partial charge in [-0.2, -0.15) is 0 Å². The summed E-state index contributed by atoms with van der Waals surface area (Å²) in [5, 5.41) is 10.5. The zero-order valence-corrected chi connectivity index (χ0v) is 23.5. The smallest absolute Gasteiger partial charge is 0.302 e. The van der Waals surface area contributed by atoms with Crippen molar-refractivity contribution >= 4 is 5.97 Å². The summed E-state index contributed by atoms with van der Waals surface area (Å²) in [7, 11) is 0. The molecule has 1 N–H and O–H groups in total.